The summed E-state index contributed by atoms with van der Waals surface area (Å²) in [5.74, 6) is 0.0199. The van der Waals surface area contributed by atoms with E-state index in [2.05, 4.69) is 20.8 Å². The molecule has 9 heteroatoms. The molecule has 0 unspecified atom stereocenters. The van der Waals surface area contributed by atoms with Crippen LogP contribution in [0.15, 0.2) is 20.7 Å². The number of hydrogen-bond acceptors (Lipinski definition) is 7. The fourth-order valence-electron chi connectivity index (χ4n) is 3.04. The van der Waals surface area contributed by atoms with Gasteiger partial charge in [-0.2, -0.15) is 0 Å². The first kappa shape index (κ1) is 14.9. The molecule has 2 aliphatic rings. The molecule has 0 aromatic carbocycles. The second-order valence-electron chi connectivity index (χ2n) is 5.40. The van der Waals surface area contributed by atoms with Gasteiger partial charge in [-0.05, 0) is 54.8 Å². The standard InChI is InChI=1S/C13H13ClN4OS3/c14-12-17-18-13(22-12)21-10-4-3-9(20-10)11(19)16-8-5-6-1-2-7(8)15-6/h3-4,6-8,15H,1-2,5H2,(H,16,19)/t6-,7+,8-/m1/s1. The summed E-state index contributed by atoms with van der Waals surface area (Å²) >= 11 is 10.1. The number of nitrogens with zero attached hydrogens (tertiary/aromatic N) is 2. The number of halogens is 1. The Balaban J connectivity index is 1.39. The van der Waals surface area contributed by atoms with Gasteiger partial charge < -0.3 is 10.6 Å². The third kappa shape index (κ3) is 3.03. The minimum atomic E-state index is 0.0199. The van der Waals surface area contributed by atoms with Gasteiger partial charge in [0.1, 0.15) is 0 Å². The Labute approximate surface area is 144 Å². The van der Waals surface area contributed by atoms with Gasteiger partial charge in [-0.1, -0.05) is 11.3 Å². The maximum atomic E-state index is 12.4. The van der Waals surface area contributed by atoms with Gasteiger partial charge in [-0.3, -0.25) is 4.79 Å². The number of aromatic nitrogens is 2. The molecule has 22 heavy (non-hydrogen) atoms. The molecule has 2 fully saturated rings. The van der Waals surface area contributed by atoms with E-state index in [1.807, 2.05) is 12.1 Å². The van der Waals surface area contributed by atoms with Gasteiger partial charge in [0.15, 0.2) is 4.34 Å². The van der Waals surface area contributed by atoms with Crippen molar-refractivity contribution in [3.05, 3.63) is 21.5 Å². The monoisotopic (exact) mass is 372 g/mol. The fourth-order valence-corrected chi connectivity index (χ4v) is 6.28. The maximum absolute atomic E-state index is 12.4. The van der Waals surface area contributed by atoms with Crippen molar-refractivity contribution >= 4 is 51.9 Å². The summed E-state index contributed by atoms with van der Waals surface area (Å²) in [6.07, 6.45) is 3.45. The first-order chi connectivity index (χ1) is 10.7. The molecule has 1 amide bonds. The van der Waals surface area contributed by atoms with Crippen LogP contribution >= 0.6 is 46.0 Å². The Morgan fingerprint density at radius 3 is 2.95 bits per heavy atom. The number of thiophene rings is 1. The summed E-state index contributed by atoms with van der Waals surface area (Å²) in [4.78, 5) is 13.1. The smallest absolute Gasteiger partial charge is 0.261 e. The van der Waals surface area contributed by atoms with Crippen LogP contribution in [0.2, 0.25) is 4.47 Å². The van der Waals surface area contributed by atoms with Gasteiger partial charge in [-0.25, -0.2) is 0 Å². The van der Waals surface area contributed by atoms with Gasteiger partial charge in [0.25, 0.3) is 5.91 Å². The predicted molar refractivity (Wildman–Crippen MR) is 89.2 cm³/mol. The van der Waals surface area contributed by atoms with Crippen LogP contribution < -0.4 is 10.6 Å². The van der Waals surface area contributed by atoms with E-state index in [-0.39, 0.29) is 11.9 Å². The summed E-state index contributed by atoms with van der Waals surface area (Å²) in [6, 6.07) is 5.12. The molecular weight excluding hydrogens is 360 g/mol. The van der Waals surface area contributed by atoms with Crippen LogP contribution in [0.1, 0.15) is 28.9 Å². The van der Waals surface area contributed by atoms with Gasteiger partial charge in [0, 0.05) is 18.1 Å². The molecule has 4 heterocycles. The number of amides is 1. The van der Waals surface area contributed by atoms with E-state index in [4.69, 9.17) is 11.6 Å². The van der Waals surface area contributed by atoms with Crippen molar-refractivity contribution in [2.45, 2.75) is 45.9 Å². The topological polar surface area (TPSA) is 66.9 Å². The van der Waals surface area contributed by atoms with Crippen LogP contribution in [0.5, 0.6) is 0 Å². The summed E-state index contributed by atoms with van der Waals surface area (Å²) in [6.45, 7) is 0. The number of nitrogens with one attached hydrogen (secondary N) is 2. The van der Waals surface area contributed by atoms with E-state index in [1.54, 1.807) is 0 Å². The second-order valence-corrected chi connectivity index (χ2v) is 9.60. The van der Waals surface area contributed by atoms with E-state index in [0.717, 1.165) is 19.8 Å². The van der Waals surface area contributed by atoms with Crippen molar-refractivity contribution in [3.63, 3.8) is 0 Å². The highest BCUT2D eigenvalue weighted by Gasteiger charge is 2.39. The lowest BCUT2D eigenvalue weighted by molar-refractivity contribution is 0.0935. The highest BCUT2D eigenvalue weighted by molar-refractivity contribution is 8.02. The summed E-state index contributed by atoms with van der Waals surface area (Å²) in [5, 5.41) is 14.4. The Kier molecular flexibility index (Phi) is 4.12. The van der Waals surface area contributed by atoms with E-state index in [1.165, 1.54) is 47.3 Å². The minimum Gasteiger partial charge on any atom is -0.347 e. The third-order valence-electron chi connectivity index (χ3n) is 3.99. The largest absolute Gasteiger partial charge is 0.347 e. The molecule has 0 radical (unpaired) electrons. The molecule has 0 saturated carbocycles. The zero-order valence-electron chi connectivity index (χ0n) is 11.4. The molecule has 2 bridgehead atoms. The van der Waals surface area contributed by atoms with Crippen LogP contribution in [0.3, 0.4) is 0 Å². The van der Waals surface area contributed by atoms with Crippen LogP contribution in [-0.4, -0.2) is 34.2 Å². The maximum Gasteiger partial charge on any atom is 0.261 e. The molecule has 4 rings (SSSR count). The van der Waals surface area contributed by atoms with Crippen molar-refractivity contribution in [1.82, 2.24) is 20.8 Å². The molecule has 3 atom stereocenters. The quantitative estimate of drug-likeness (QED) is 0.863. The average molecular weight is 373 g/mol. The Hall–Kier alpha value is -0.670. The van der Waals surface area contributed by atoms with Gasteiger partial charge in [0.2, 0.25) is 4.47 Å². The molecule has 2 aromatic heterocycles. The van der Waals surface area contributed by atoms with Crippen molar-refractivity contribution in [2.24, 2.45) is 0 Å². The lowest BCUT2D eigenvalue weighted by Gasteiger charge is -2.20. The van der Waals surface area contributed by atoms with Gasteiger partial charge in [-0.15, -0.1) is 21.5 Å². The average Bonchev–Trinajstić information content (AvgIpc) is 3.24. The third-order valence-corrected chi connectivity index (χ3v) is 7.28. The molecule has 116 valence electrons. The number of carbonyl (C=O) groups excluding carboxylic acids is 1. The van der Waals surface area contributed by atoms with E-state index in [9.17, 15) is 4.79 Å². The molecule has 2 aliphatic heterocycles. The number of hydrogen-bond donors (Lipinski definition) is 2. The van der Waals surface area contributed by atoms with Crippen molar-refractivity contribution in [1.29, 1.82) is 0 Å². The lowest BCUT2D eigenvalue weighted by Crippen LogP contribution is -2.42. The zero-order chi connectivity index (χ0) is 15.1. The SMILES string of the molecule is O=C(N[C@@H]1C[C@H]2CC[C@@H]1N2)c1ccc(Sc2nnc(Cl)s2)s1. The summed E-state index contributed by atoms with van der Waals surface area (Å²) < 4.78 is 2.24. The lowest BCUT2D eigenvalue weighted by atomic mass is 9.95. The van der Waals surface area contributed by atoms with Crippen LogP contribution in [-0.2, 0) is 0 Å². The Morgan fingerprint density at radius 1 is 1.36 bits per heavy atom. The Morgan fingerprint density at radius 2 is 2.27 bits per heavy atom. The minimum absolute atomic E-state index is 0.0199. The van der Waals surface area contributed by atoms with Crippen LogP contribution in [0.4, 0.5) is 0 Å². The highest BCUT2D eigenvalue weighted by atomic mass is 35.5. The van der Waals surface area contributed by atoms with Crippen molar-refractivity contribution < 1.29 is 4.79 Å². The predicted octanol–water partition coefficient (Wildman–Crippen LogP) is 3.03. The van der Waals surface area contributed by atoms with E-state index >= 15 is 0 Å². The number of rotatable bonds is 4. The summed E-state index contributed by atoms with van der Waals surface area (Å²) in [7, 11) is 0. The first-order valence-electron chi connectivity index (χ1n) is 7.01. The van der Waals surface area contributed by atoms with Crippen LogP contribution in [0.25, 0.3) is 0 Å². The molecule has 0 spiro atoms. The van der Waals surface area contributed by atoms with Crippen molar-refractivity contribution in [3.8, 4) is 0 Å². The first-order valence-corrected chi connectivity index (χ1v) is 9.84. The molecule has 0 aliphatic carbocycles. The second kappa shape index (κ2) is 6.09. The van der Waals surface area contributed by atoms with E-state index < -0.39 is 0 Å². The zero-order valence-corrected chi connectivity index (χ0v) is 14.6. The Bertz CT molecular complexity index is 703. The molecule has 2 saturated heterocycles. The molecule has 2 aromatic rings. The number of fused-ring (bicyclic) bond motifs is 2. The number of carbonyl (C=O) groups is 1. The van der Waals surface area contributed by atoms with Crippen molar-refractivity contribution in [2.75, 3.05) is 0 Å². The summed E-state index contributed by atoms with van der Waals surface area (Å²) in [5.41, 5.74) is 0. The fraction of sp³-hybridized carbons (Fsp3) is 0.462. The van der Waals surface area contributed by atoms with Gasteiger partial charge in [0.05, 0.1) is 9.09 Å². The highest BCUT2D eigenvalue weighted by Crippen LogP contribution is 2.36. The molecular formula is C13H13ClN4OS3. The molecule has 5 nitrogen and oxygen atoms in total. The molecule has 2 N–H and O–H groups in total. The van der Waals surface area contributed by atoms with Gasteiger partial charge >= 0.3 is 0 Å². The van der Waals surface area contributed by atoms with Crippen LogP contribution in [0, 0.1) is 0 Å². The van der Waals surface area contributed by atoms with E-state index in [0.29, 0.717) is 16.6 Å². The normalized spacial score (nSPS) is 26.5.